The van der Waals surface area contributed by atoms with E-state index >= 15 is 0 Å². The smallest absolute Gasteiger partial charge is 0.265 e. The number of nitrogens with zero attached hydrogens (tertiary/aromatic N) is 1. The molecule has 0 aromatic heterocycles. The predicted molar refractivity (Wildman–Crippen MR) is 102 cm³/mol. The molecule has 0 saturated carbocycles. The van der Waals surface area contributed by atoms with Gasteiger partial charge in [0.15, 0.2) is 6.10 Å². The molecule has 27 heavy (non-hydrogen) atoms. The van der Waals surface area contributed by atoms with Gasteiger partial charge in [-0.25, -0.2) is 17.1 Å². The molecule has 0 fully saturated rings. The molecule has 0 aliphatic rings. The largest absolute Gasteiger partial charge is 0.479 e. The topological polar surface area (TPSA) is 75.7 Å². The van der Waals surface area contributed by atoms with Crippen molar-refractivity contribution in [1.29, 1.82) is 0 Å². The average Bonchev–Trinajstić information content (AvgIpc) is 2.58. The van der Waals surface area contributed by atoms with Crippen molar-refractivity contribution in [2.45, 2.75) is 24.8 Å². The third kappa shape index (κ3) is 4.97. The summed E-state index contributed by atoms with van der Waals surface area (Å²) in [7, 11) is -0.780. The maximum atomic E-state index is 13.1. The van der Waals surface area contributed by atoms with Crippen molar-refractivity contribution < 1.29 is 22.3 Å². The molecule has 0 heterocycles. The van der Waals surface area contributed by atoms with Crippen molar-refractivity contribution in [1.82, 2.24) is 4.31 Å². The van der Waals surface area contributed by atoms with Crippen molar-refractivity contribution >= 4 is 33.2 Å². The Kier molecular flexibility index (Phi) is 6.46. The second-order valence-electron chi connectivity index (χ2n) is 6.09. The number of benzene rings is 2. The zero-order valence-corrected chi connectivity index (χ0v) is 16.9. The summed E-state index contributed by atoms with van der Waals surface area (Å²) < 4.78 is 44.2. The lowest BCUT2D eigenvalue weighted by Crippen LogP contribution is -2.30. The van der Waals surface area contributed by atoms with E-state index in [-0.39, 0.29) is 15.7 Å². The van der Waals surface area contributed by atoms with Crippen LogP contribution in [0.2, 0.25) is 5.02 Å². The molecule has 2 aromatic carbocycles. The first-order valence-corrected chi connectivity index (χ1v) is 9.80. The fourth-order valence-electron chi connectivity index (χ4n) is 2.16. The minimum Gasteiger partial charge on any atom is -0.479 e. The third-order valence-corrected chi connectivity index (χ3v) is 5.92. The quantitative estimate of drug-likeness (QED) is 0.785. The van der Waals surface area contributed by atoms with Crippen LogP contribution in [-0.4, -0.2) is 38.8 Å². The van der Waals surface area contributed by atoms with E-state index < -0.39 is 27.9 Å². The summed E-state index contributed by atoms with van der Waals surface area (Å²) in [6.45, 7) is 3.24. The fourth-order valence-corrected chi connectivity index (χ4v) is 3.30. The molecule has 2 aromatic rings. The van der Waals surface area contributed by atoms with Crippen LogP contribution in [0.4, 0.5) is 10.1 Å². The second-order valence-corrected chi connectivity index (χ2v) is 8.65. The summed E-state index contributed by atoms with van der Waals surface area (Å²) in [5.74, 6) is -0.849. The van der Waals surface area contributed by atoms with E-state index in [0.717, 1.165) is 10.4 Å². The van der Waals surface area contributed by atoms with E-state index in [1.165, 1.54) is 45.3 Å². The fraction of sp³-hybridized carbons (Fsp3) is 0.278. The number of amides is 1. The number of hydrogen-bond donors (Lipinski definition) is 1. The number of anilines is 1. The van der Waals surface area contributed by atoms with Crippen LogP contribution in [0.15, 0.2) is 41.3 Å². The Morgan fingerprint density at radius 2 is 1.89 bits per heavy atom. The van der Waals surface area contributed by atoms with Gasteiger partial charge in [0.1, 0.15) is 11.6 Å². The Morgan fingerprint density at radius 3 is 2.48 bits per heavy atom. The van der Waals surface area contributed by atoms with E-state index in [1.807, 2.05) is 0 Å². The summed E-state index contributed by atoms with van der Waals surface area (Å²) in [6, 6.07) is 8.05. The van der Waals surface area contributed by atoms with Gasteiger partial charge in [0.2, 0.25) is 10.0 Å². The number of hydrogen-bond acceptors (Lipinski definition) is 4. The lowest BCUT2D eigenvalue weighted by atomic mass is 10.2. The number of carbonyl (C=O) groups excluding carboxylic acids is 1. The summed E-state index contributed by atoms with van der Waals surface area (Å²) in [4.78, 5) is 12.5. The number of aryl methyl sites for hydroxylation is 1. The van der Waals surface area contributed by atoms with Crippen molar-refractivity contribution in [2.75, 3.05) is 19.4 Å². The van der Waals surface area contributed by atoms with Gasteiger partial charge in [-0.1, -0.05) is 17.7 Å². The summed E-state index contributed by atoms with van der Waals surface area (Å²) in [5.41, 5.74) is 1.04. The Morgan fingerprint density at radius 1 is 1.22 bits per heavy atom. The molecule has 2 rings (SSSR count). The predicted octanol–water partition coefficient (Wildman–Crippen LogP) is 3.44. The van der Waals surface area contributed by atoms with Gasteiger partial charge >= 0.3 is 0 Å². The molecule has 0 bridgehead atoms. The molecule has 0 aliphatic carbocycles. The standard InChI is InChI=1S/C18H20ClFN2O4S/c1-11-5-7-14(27(24,25)22(3)4)10-16(11)21-18(23)12(2)26-17-8-6-13(20)9-15(17)19/h5-10,12H,1-4H3,(H,21,23)/t12-/m1/s1. The molecule has 0 unspecified atom stereocenters. The minimum absolute atomic E-state index is 0.0462. The van der Waals surface area contributed by atoms with Crippen LogP contribution in [0.1, 0.15) is 12.5 Å². The molecule has 0 aliphatic heterocycles. The van der Waals surface area contributed by atoms with E-state index in [9.17, 15) is 17.6 Å². The molecule has 1 atom stereocenters. The van der Waals surface area contributed by atoms with Crippen molar-refractivity contribution in [2.24, 2.45) is 0 Å². The van der Waals surface area contributed by atoms with Crippen molar-refractivity contribution in [3.05, 3.63) is 52.8 Å². The molecule has 1 N–H and O–H groups in total. The van der Waals surface area contributed by atoms with Crippen LogP contribution in [0, 0.1) is 12.7 Å². The highest BCUT2D eigenvalue weighted by Gasteiger charge is 2.21. The van der Waals surface area contributed by atoms with Crippen LogP contribution in [0.25, 0.3) is 0 Å². The maximum absolute atomic E-state index is 13.1. The maximum Gasteiger partial charge on any atom is 0.265 e. The highest BCUT2D eigenvalue weighted by molar-refractivity contribution is 7.89. The molecule has 0 radical (unpaired) electrons. The molecular weight excluding hydrogens is 395 g/mol. The molecular formula is C18H20ClFN2O4S. The first-order chi connectivity index (χ1) is 12.5. The number of carbonyl (C=O) groups is 1. The van der Waals surface area contributed by atoms with Crippen LogP contribution >= 0.6 is 11.6 Å². The van der Waals surface area contributed by atoms with E-state index in [2.05, 4.69) is 5.32 Å². The SMILES string of the molecule is Cc1ccc(S(=O)(=O)N(C)C)cc1NC(=O)[C@@H](C)Oc1ccc(F)cc1Cl. The van der Waals surface area contributed by atoms with Gasteiger partial charge in [-0.15, -0.1) is 0 Å². The zero-order valence-electron chi connectivity index (χ0n) is 15.3. The summed E-state index contributed by atoms with van der Waals surface area (Å²) >= 11 is 5.90. The molecule has 0 saturated heterocycles. The molecule has 6 nitrogen and oxygen atoms in total. The first kappa shape index (κ1) is 21.1. The van der Waals surface area contributed by atoms with Crippen LogP contribution in [-0.2, 0) is 14.8 Å². The molecule has 0 spiro atoms. The average molecular weight is 415 g/mol. The minimum atomic E-state index is -3.63. The third-order valence-electron chi connectivity index (χ3n) is 3.81. The van der Waals surface area contributed by atoms with Gasteiger partial charge in [-0.3, -0.25) is 4.79 Å². The van der Waals surface area contributed by atoms with E-state index in [0.29, 0.717) is 11.3 Å². The van der Waals surface area contributed by atoms with Crippen LogP contribution in [0.3, 0.4) is 0 Å². The van der Waals surface area contributed by atoms with E-state index in [1.54, 1.807) is 13.0 Å². The Bertz CT molecular complexity index is 964. The normalized spacial score (nSPS) is 12.7. The molecule has 1 amide bonds. The van der Waals surface area contributed by atoms with Gasteiger partial charge < -0.3 is 10.1 Å². The zero-order chi connectivity index (χ0) is 20.4. The van der Waals surface area contributed by atoms with Gasteiger partial charge in [0.05, 0.1) is 9.92 Å². The van der Waals surface area contributed by atoms with Crippen molar-refractivity contribution in [3.63, 3.8) is 0 Å². The monoisotopic (exact) mass is 414 g/mol. The van der Waals surface area contributed by atoms with Crippen LogP contribution < -0.4 is 10.1 Å². The molecule has 9 heteroatoms. The second kappa shape index (κ2) is 8.24. The number of nitrogens with one attached hydrogen (secondary N) is 1. The van der Waals surface area contributed by atoms with Gasteiger partial charge in [-0.2, -0.15) is 0 Å². The first-order valence-electron chi connectivity index (χ1n) is 7.98. The van der Waals surface area contributed by atoms with Crippen LogP contribution in [0.5, 0.6) is 5.75 Å². The Labute approximate surface area is 162 Å². The van der Waals surface area contributed by atoms with E-state index in [4.69, 9.17) is 16.3 Å². The lowest BCUT2D eigenvalue weighted by Gasteiger charge is -2.18. The number of halogens is 2. The van der Waals surface area contributed by atoms with Gasteiger partial charge in [0.25, 0.3) is 5.91 Å². The lowest BCUT2D eigenvalue weighted by molar-refractivity contribution is -0.122. The Hall–Kier alpha value is -2.16. The van der Waals surface area contributed by atoms with Gasteiger partial charge in [-0.05, 0) is 49.7 Å². The van der Waals surface area contributed by atoms with Gasteiger partial charge in [0, 0.05) is 19.8 Å². The number of rotatable bonds is 6. The summed E-state index contributed by atoms with van der Waals surface area (Å²) in [5, 5.41) is 2.69. The number of ether oxygens (including phenoxy) is 1. The van der Waals surface area contributed by atoms with Crippen molar-refractivity contribution in [3.8, 4) is 5.75 Å². The highest BCUT2D eigenvalue weighted by atomic mass is 35.5. The summed E-state index contributed by atoms with van der Waals surface area (Å²) in [6.07, 6.45) is -0.943. The number of sulfonamides is 1. The Balaban J connectivity index is 2.19. The molecule has 146 valence electrons. The highest BCUT2D eigenvalue weighted by Crippen LogP contribution is 2.26.